The highest BCUT2D eigenvalue weighted by Gasteiger charge is 2.29. The summed E-state index contributed by atoms with van der Waals surface area (Å²) in [5, 5.41) is 6.17. The summed E-state index contributed by atoms with van der Waals surface area (Å²) < 4.78 is 48.5. The van der Waals surface area contributed by atoms with Crippen molar-refractivity contribution in [2.75, 3.05) is 19.7 Å². The van der Waals surface area contributed by atoms with E-state index in [4.69, 9.17) is 9.15 Å². The third-order valence-corrected chi connectivity index (χ3v) is 3.63. The Labute approximate surface area is 155 Å². The maximum atomic E-state index is 12.5. The van der Waals surface area contributed by atoms with Gasteiger partial charge in [0.05, 0.1) is 17.8 Å². The van der Waals surface area contributed by atoms with Crippen LogP contribution in [-0.4, -0.2) is 30.6 Å². The van der Waals surface area contributed by atoms with Gasteiger partial charge in [-0.1, -0.05) is 0 Å². The lowest BCUT2D eigenvalue weighted by Crippen LogP contribution is -2.39. The summed E-state index contributed by atoms with van der Waals surface area (Å²) in [6, 6.07) is 4.59. The molecular weight excluding hydrogens is 361 g/mol. The number of guanidine groups is 1. The predicted octanol–water partition coefficient (Wildman–Crippen LogP) is 3.44. The number of benzene rings is 1. The molecule has 1 aromatic carbocycles. The first-order valence-electron chi connectivity index (χ1n) is 8.54. The molecule has 0 aliphatic carbocycles. The molecule has 2 rings (SSSR count). The summed E-state index contributed by atoms with van der Waals surface area (Å²) in [6.45, 7) is 7.32. The molecule has 0 unspecified atom stereocenters. The highest BCUT2D eigenvalue weighted by molar-refractivity contribution is 5.79. The van der Waals surface area contributed by atoms with Gasteiger partial charge in [0.1, 0.15) is 24.7 Å². The van der Waals surface area contributed by atoms with Gasteiger partial charge in [-0.3, -0.25) is 0 Å². The van der Waals surface area contributed by atoms with Crippen molar-refractivity contribution in [1.29, 1.82) is 0 Å². The van der Waals surface area contributed by atoms with Crippen LogP contribution in [-0.2, 0) is 12.7 Å². The summed E-state index contributed by atoms with van der Waals surface area (Å²) in [5.41, 5.74) is 0.134. The minimum Gasteiger partial charge on any atom is -0.492 e. The van der Waals surface area contributed by atoms with Gasteiger partial charge in [-0.05, 0) is 45.0 Å². The summed E-state index contributed by atoms with van der Waals surface area (Å²) in [7, 11) is 0. The van der Waals surface area contributed by atoms with Gasteiger partial charge in [0.25, 0.3) is 0 Å². The number of alkyl halides is 3. The molecule has 2 aromatic rings. The number of oxazole rings is 1. The summed E-state index contributed by atoms with van der Waals surface area (Å²) in [4.78, 5) is 8.65. The third-order valence-electron chi connectivity index (χ3n) is 3.63. The monoisotopic (exact) mass is 384 g/mol. The van der Waals surface area contributed by atoms with Gasteiger partial charge >= 0.3 is 6.18 Å². The standard InChI is InChI=1S/C18H23F3N4O2/c1-4-22-17(24-11-16-25-12(2)13(3)27-16)23-9-10-26-15-7-5-14(6-8-15)18(19,20)21/h5-8H,4,9-11H2,1-3H3,(H2,22,23,24). The fourth-order valence-corrected chi connectivity index (χ4v) is 2.17. The Morgan fingerprint density at radius 3 is 2.44 bits per heavy atom. The normalized spacial score (nSPS) is 12.1. The number of aliphatic imine (C=N–C) groups is 1. The lowest BCUT2D eigenvalue weighted by atomic mass is 10.2. The van der Waals surface area contributed by atoms with E-state index in [1.807, 2.05) is 20.8 Å². The Morgan fingerprint density at radius 1 is 1.19 bits per heavy atom. The molecule has 0 aliphatic heterocycles. The van der Waals surface area contributed by atoms with Crippen LogP contribution in [0.1, 0.15) is 29.8 Å². The first-order chi connectivity index (χ1) is 12.8. The Balaban J connectivity index is 1.81. The fraction of sp³-hybridized carbons (Fsp3) is 0.444. The quantitative estimate of drug-likeness (QED) is 0.435. The zero-order valence-corrected chi connectivity index (χ0v) is 15.5. The fourth-order valence-electron chi connectivity index (χ4n) is 2.17. The van der Waals surface area contributed by atoms with Crippen molar-refractivity contribution in [3.8, 4) is 5.75 Å². The van der Waals surface area contributed by atoms with Crippen LogP contribution in [0.4, 0.5) is 13.2 Å². The lowest BCUT2D eigenvalue weighted by Gasteiger charge is -2.12. The summed E-state index contributed by atoms with van der Waals surface area (Å²) in [5.74, 6) is 2.24. The zero-order chi connectivity index (χ0) is 19.9. The average Bonchev–Trinajstić information content (AvgIpc) is 2.94. The second-order valence-electron chi connectivity index (χ2n) is 5.74. The number of nitrogens with zero attached hydrogens (tertiary/aromatic N) is 2. The molecule has 0 saturated heterocycles. The highest BCUT2D eigenvalue weighted by Crippen LogP contribution is 2.30. The molecule has 1 aromatic heterocycles. The van der Waals surface area contributed by atoms with Crippen molar-refractivity contribution in [1.82, 2.24) is 15.6 Å². The number of halogens is 3. The van der Waals surface area contributed by atoms with Crippen molar-refractivity contribution >= 4 is 5.96 Å². The molecule has 148 valence electrons. The number of aromatic nitrogens is 1. The van der Waals surface area contributed by atoms with E-state index in [2.05, 4.69) is 20.6 Å². The Hall–Kier alpha value is -2.71. The Bertz CT molecular complexity index is 735. The SMILES string of the molecule is CCNC(=NCc1nc(C)c(C)o1)NCCOc1ccc(C(F)(F)F)cc1. The van der Waals surface area contributed by atoms with Crippen LogP contribution in [0.25, 0.3) is 0 Å². The maximum Gasteiger partial charge on any atom is 0.416 e. The van der Waals surface area contributed by atoms with Gasteiger partial charge in [0.15, 0.2) is 5.96 Å². The number of nitrogens with one attached hydrogen (secondary N) is 2. The molecule has 0 bridgehead atoms. The van der Waals surface area contributed by atoms with E-state index in [0.29, 0.717) is 37.2 Å². The Kier molecular flexibility index (Phi) is 7.09. The predicted molar refractivity (Wildman–Crippen MR) is 95.7 cm³/mol. The molecule has 0 fully saturated rings. The highest BCUT2D eigenvalue weighted by atomic mass is 19.4. The summed E-state index contributed by atoms with van der Waals surface area (Å²) in [6.07, 6.45) is -4.35. The molecule has 0 amide bonds. The molecule has 0 aliphatic rings. The number of ether oxygens (including phenoxy) is 1. The van der Waals surface area contributed by atoms with Gasteiger partial charge in [-0.2, -0.15) is 13.2 Å². The molecule has 27 heavy (non-hydrogen) atoms. The number of hydrogen-bond acceptors (Lipinski definition) is 4. The zero-order valence-electron chi connectivity index (χ0n) is 15.5. The van der Waals surface area contributed by atoms with Crippen molar-refractivity contribution in [2.45, 2.75) is 33.5 Å². The molecule has 2 N–H and O–H groups in total. The van der Waals surface area contributed by atoms with E-state index in [0.717, 1.165) is 23.6 Å². The van der Waals surface area contributed by atoms with Crippen molar-refractivity contribution < 1.29 is 22.3 Å². The van der Waals surface area contributed by atoms with E-state index in [-0.39, 0.29) is 6.61 Å². The van der Waals surface area contributed by atoms with Gasteiger partial charge in [0.2, 0.25) is 5.89 Å². The van der Waals surface area contributed by atoms with Crippen LogP contribution in [0.3, 0.4) is 0 Å². The minimum atomic E-state index is -4.35. The van der Waals surface area contributed by atoms with E-state index < -0.39 is 11.7 Å². The average molecular weight is 384 g/mol. The largest absolute Gasteiger partial charge is 0.492 e. The second-order valence-corrected chi connectivity index (χ2v) is 5.74. The van der Waals surface area contributed by atoms with E-state index in [9.17, 15) is 13.2 Å². The van der Waals surface area contributed by atoms with E-state index in [1.54, 1.807) is 0 Å². The van der Waals surface area contributed by atoms with Crippen LogP contribution < -0.4 is 15.4 Å². The lowest BCUT2D eigenvalue weighted by molar-refractivity contribution is -0.137. The third kappa shape index (κ3) is 6.50. The van der Waals surface area contributed by atoms with Crippen molar-refractivity contribution in [2.24, 2.45) is 4.99 Å². The first kappa shape index (κ1) is 20.6. The van der Waals surface area contributed by atoms with Gasteiger partial charge in [-0.15, -0.1) is 0 Å². The first-order valence-corrected chi connectivity index (χ1v) is 8.54. The molecule has 1 heterocycles. The van der Waals surface area contributed by atoms with E-state index >= 15 is 0 Å². The Morgan fingerprint density at radius 2 is 1.89 bits per heavy atom. The van der Waals surface area contributed by atoms with Crippen LogP contribution in [0, 0.1) is 13.8 Å². The topological polar surface area (TPSA) is 71.7 Å². The number of hydrogen-bond donors (Lipinski definition) is 2. The maximum absolute atomic E-state index is 12.5. The molecule has 6 nitrogen and oxygen atoms in total. The molecule has 0 atom stereocenters. The second kappa shape index (κ2) is 9.29. The molecular formula is C18H23F3N4O2. The van der Waals surface area contributed by atoms with Crippen molar-refractivity contribution in [3.63, 3.8) is 0 Å². The van der Waals surface area contributed by atoms with Gasteiger partial charge in [0, 0.05) is 6.54 Å². The number of rotatable bonds is 7. The van der Waals surface area contributed by atoms with Crippen LogP contribution >= 0.6 is 0 Å². The van der Waals surface area contributed by atoms with Crippen LogP contribution in [0.15, 0.2) is 33.7 Å². The number of aryl methyl sites for hydroxylation is 2. The van der Waals surface area contributed by atoms with Gasteiger partial charge in [-0.25, -0.2) is 9.98 Å². The summed E-state index contributed by atoms with van der Waals surface area (Å²) >= 11 is 0. The smallest absolute Gasteiger partial charge is 0.416 e. The molecule has 0 spiro atoms. The van der Waals surface area contributed by atoms with E-state index in [1.165, 1.54) is 12.1 Å². The van der Waals surface area contributed by atoms with Gasteiger partial charge < -0.3 is 19.8 Å². The molecule has 0 saturated carbocycles. The minimum absolute atomic E-state index is 0.271. The van der Waals surface area contributed by atoms with Crippen LogP contribution in [0.2, 0.25) is 0 Å². The molecule has 9 heteroatoms. The van der Waals surface area contributed by atoms with Crippen LogP contribution in [0.5, 0.6) is 5.75 Å². The van der Waals surface area contributed by atoms with Crippen molar-refractivity contribution in [3.05, 3.63) is 47.2 Å². The molecule has 0 radical (unpaired) electrons.